The van der Waals surface area contributed by atoms with Gasteiger partial charge >= 0.3 is 5.69 Å². The van der Waals surface area contributed by atoms with E-state index in [2.05, 4.69) is 20.8 Å². The number of aromatic nitrogens is 2. The molecular formula is C21H20FN7O3. The first-order valence-corrected chi connectivity index (χ1v) is 9.90. The number of hydrogen-bond acceptors (Lipinski definition) is 8. The maximum absolute atomic E-state index is 14.1. The number of hydrazine groups is 1. The minimum atomic E-state index is -0.588. The number of amides is 1. The number of benzene rings is 2. The molecule has 1 amide bonds. The van der Waals surface area contributed by atoms with Crippen molar-refractivity contribution in [1.29, 1.82) is 0 Å². The number of piperazine rings is 1. The predicted octanol–water partition coefficient (Wildman–Crippen LogP) is 2.61. The second kappa shape index (κ2) is 9.25. The number of nitro groups is 1. The highest BCUT2D eigenvalue weighted by molar-refractivity contribution is 5.95. The number of carbonyl (C=O) groups is 1. The number of nitrogens with zero attached hydrogens (tertiary/aromatic N) is 5. The summed E-state index contributed by atoms with van der Waals surface area (Å²) < 4.78 is 14.1. The third kappa shape index (κ3) is 4.41. The second-order valence-electron chi connectivity index (χ2n) is 7.02. The lowest BCUT2D eigenvalue weighted by Gasteiger charge is -2.36. The van der Waals surface area contributed by atoms with E-state index in [-0.39, 0.29) is 23.1 Å². The van der Waals surface area contributed by atoms with Gasteiger partial charge in [0.1, 0.15) is 12.1 Å². The third-order valence-electron chi connectivity index (χ3n) is 5.09. The molecule has 10 nitrogen and oxygen atoms in total. The molecule has 3 aromatic rings. The van der Waals surface area contributed by atoms with Gasteiger partial charge in [-0.3, -0.25) is 25.8 Å². The van der Waals surface area contributed by atoms with Crippen LogP contribution >= 0.6 is 0 Å². The number of rotatable bonds is 6. The average Bonchev–Trinajstić information content (AvgIpc) is 2.83. The van der Waals surface area contributed by atoms with E-state index in [1.54, 1.807) is 53.4 Å². The van der Waals surface area contributed by atoms with E-state index in [0.29, 0.717) is 37.4 Å². The zero-order valence-electron chi connectivity index (χ0n) is 16.9. The lowest BCUT2D eigenvalue weighted by molar-refractivity contribution is -0.383. The molecular weight excluding hydrogens is 417 g/mol. The van der Waals surface area contributed by atoms with Gasteiger partial charge in [-0.05, 0) is 24.3 Å². The third-order valence-corrected chi connectivity index (χ3v) is 5.09. The standard InChI is InChI=1S/C21H20FN7O3/c22-16-8-4-5-9-17(16)27-10-12-28(13-11-27)20-18(29(31)32)19(23-14-24-20)25-26-21(30)15-6-2-1-3-7-15/h1-9,14H,10-13H2,(H,26,30)(H,23,24,25). The fraction of sp³-hybridized carbons (Fsp3) is 0.190. The van der Waals surface area contributed by atoms with Gasteiger partial charge in [0.2, 0.25) is 11.6 Å². The Morgan fingerprint density at radius 1 is 0.969 bits per heavy atom. The highest BCUT2D eigenvalue weighted by atomic mass is 19.1. The maximum Gasteiger partial charge on any atom is 0.355 e. The molecule has 11 heteroatoms. The van der Waals surface area contributed by atoms with E-state index < -0.39 is 10.8 Å². The minimum absolute atomic E-state index is 0.124. The lowest BCUT2D eigenvalue weighted by Crippen LogP contribution is -2.47. The Balaban J connectivity index is 1.49. The van der Waals surface area contributed by atoms with Crippen LogP contribution in [0.15, 0.2) is 60.9 Å². The molecule has 164 valence electrons. The van der Waals surface area contributed by atoms with Crippen LogP contribution in [0.4, 0.5) is 27.4 Å². The van der Waals surface area contributed by atoms with Crippen LogP contribution < -0.4 is 20.7 Å². The van der Waals surface area contributed by atoms with Gasteiger partial charge in [0, 0.05) is 31.7 Å². The molecule has 1 saturated heterocycles. The van der Waals surface area contributed by atoms with E-state index in [4.69, 9.17) is 0 Å². The van der Waals surface area contributed by atoms with Crippen LogP contribution in [0.3, 0.4) is 0 Å². The van der Waals surface area contributed by atoms with Gasteiger partial charge in [0.25, 0.3) is 5.91 Å². The fourth-order valence-electron chi connectivity index (χ4n) is 3.51. The van der Waals surface area contributed by atoms with Gasteiger partial charge in [-0.15, -0.1) is 0 Å². The number of carbonyl (C=O) groups excluding carboxylic acids is 1. The van der Waals surface area contributed by atoms with Gasteiger partial charge in [-0.25, -0.2) is 14.4 Å². The van der Waals surface area contributed by atoms with Crippen molar-refractivity contribution in [2.24, 2.45) is 0 Å². The van der Waals surface area contributed by atoms with Crippen LogP contribution in [-0.4, -0.2) is 47.0 Å². The van der Waals surface area contributed by atoms with Crippen molar-refractivity contribution in [1.82, 2.24) is 15.4 Å². The summed E-state index contributed by atoms with van der Waals surface area (Å²) in [4.78, 5) is 35.2. The summed E-state index contributed by atoms with van der Waals surface area (Å²) in [5, 5.41) is 11.8. The smallest absolute Gasteiger partial charge is 0.355 e. The largest absolute Gasteiger partial charge is 0.366 e. The average molecular weight is 437 g/mol. The van der Waals surface area contributed by atoms with Crippen molar-refractivity contribution in [3.8, 4) is 0 Å². The number of hydrogen-bond donors (Lipinski definition) is 2. The summed E-state index contributed by atoms with van der Waals surface area (Å²) in [7, 11) is 0. The zero-order chi connectivity index (χ0) is 22.5. The highest BCUT2D eigenvalue weighted by Crippen LogP contribution is 2.32. The Hall–Kier alpha value is -4.28. The quantitative estimate of drug-likeness (QED) is 0.447. The highest BCUT2D eigenvalue weighted by Gasteiger charge is 2.30. The van der Waals surface area contributed by atoms with Crippen LogP contribution in [0.2, 0.25) is 0 Å². The molecule has 2 heterocycles. The number of nitrogens with one attached hydrogen (secondary N) is 2. The summed E-state index contributed by atoms with van der Waals surface area (Å²) >= 11 is 0. The molecule has 1 aliphatic rings. The maximum atomic E-state index is 14.1. The first kappa shape index (κ1) is 21.0. The van der Waals surface area contributed by atoms with Crippen molar-refractivity contribution in [3.63, 3.8) is 0 Å². The molecule has 32 heavy (non-hydrogen) atoms. The fourth-order valence-corrected chi connectivity index (χ4v) is 3.51. The molecule has 1 aromatic heterocycles. The Kier molecular flexibility index (Phi) is 6.06. The van der Waals surface area contributed by atoms with E-state index in [1.165, 1.54) is 12.4 Å². The van der Waals surface area contributed by atoms with Crippen LogP contribution in [0, 0.1) is 15.9 Å². The molecule has 2 aromatic carbocycles. The first-order valence-electron chi connectivity index (χ1n) is 9.90. The normalized spacial score (nSPS) is 13.5. The van der Waals surface area contributed by atoms with Gasteiger partial charge in [0.15, 0.2) is 0 Å². The first-order chi connectivity index (χ1) is 15.5. The molecule has 1 fully saturated rings. The van der Waals surface area contributed by atoms with Crippen LogP contribution in [-0.2, 0) is 0 Å². The Morgan fingerprint density at radius 3 is 2.31 bits per heavy atom. The predicted molar refractivity (Wildman–Crippen MR) is 117 cm³/mol. The second-order valence-corrected chi connectivity index (χ2v) is 7.02. The monoisotopic (exact) mass is 437 g/mol. The van der Waals surface area contributed by atoms with Gasteiger partial charge < -0.3 is 9.80 Å². The van der Waals surface area contributed by atoms with Crippen LogP contribution in [0.5, 0.6) is 0 Å². The van der Waals surface area contributed by atoms with Crippen molar-refractivity contribution in [2.45, 2.75) is 0 Å². The number of para-hydroxylation sites is 1. The molecule has 0 unspecified atom stereocenters. The van der Waals surface area contributed by atoms with Crippen molar-refractivity contribution < 1.29 is 14.1 Å². The van der Waals surface area contributed by atoms with E-state index in [0.717, 1.165) is 0 Å². The van der Waals surface area contributed by atoms with E-state index in [9.17, 15) is 19.3 Å². The Labute approximate surface area is 182 Å². The molecule has 0 bridgehead atoms. The van der Waals surface area contributed by atoms with Crippen molar-refractivity contribution in [2.75, 3.05) is 41.4 Å². The van der Waals surface area contributed by atoms with E-state index in [1.807, 2.05) is 4.90 Å². The zero-order valence-corrected chi connectivity index (χ0v) is 16.9. The Bertz CT molecular complexity index is 1120. The van der Waals surface area contributed by atoms with Crippen molar-refractivity contribution in [3.05, 3.63) is 82.4 Å². The molecule has 0 atom stereocenters. The molecule has 4 rings (SSSR count). The molecule has 2 N–H and O–H groups in total. The molecule has 0 spiro atoms. The minimum Gasteiger partial charge on any atom is -0.366 e. The number of halogens is 1. The molecule has 0 aliphatic carbocycles. The van der Waals surface area contributed by atoms with Gasteiger partial charge in [0.05, 0.1) is 10.6 Å². The van der Waals surface area contributed by atoms with Gasteiger partial charge in [-0.1, -0.05) is 30.3 Å². The molecule has 1 aliphatic heterocycles. The number of anilines is 3. The lowest BCUT2D eigenvalue weighted by atomic mass is 10.2. The summed E-state index contributed by atoms with van der Waals surface area (Å²) in [6.07, 6.45) is 1.20. The van der Waals surface area contributed by atoms with Gasteiger partial charge in [-0.2, -0.15) is 0 Å². The van der Waals surface area contributed by atoms with E-state index >= 15 is 0 Å². The van der Waals surface area contributed by atoms with Crippen molar-refractivity contribution >= 4 is 28.9 Å². The molecule has 0 saturated carbocycles. The molecule has 0 radical (unpaired) electrons. The topological polar surface area (TPSA) is 117 Å². The summed E-state index contributed by atoms with van der Waals surface area (Å²) in [5.41, 5.74) is 5.50. The summed E-state index contributed by atoms with van der Waals surface area (Å²) in [6, 6.07) is 14.9. The summed E-state index contributed by atoms with van der Waals surface area (Å²) in [6.45, 7) is 1.75. The SMILES string of the molecule is O=C(NNc1ncnc(N2CCN(c3ccccc3F)CC2)c1[N+](=O)[O-])c1ccccc1. The van der Waals surface area contributed by atoms with Crippen LogP contribution in [0.1, 0.15) is 10.4 Å². The van der Waals surface area contributed by atoms with Crippen LogP contribution in [0.25, 0.3) is 0 Å². The Morgan fingerprint density at radius 2 is 1.62 bits per heavy atom. The summed E-state index contributed by atoms with van der Waals surface area (Å²) in [5.74, 6) is -0.761.